The number of benzene rings is 1. The maximum Gasteiger partial charge on any atom is 0.0587 e. The molecule has 1 atom stereocenters. The van der Waals surface area contributed by atoms with Crippen LogP contribution in [0.1, 0.15) is 55.5 Å². The topological polar surface area (TPSA) is 0 Å². The Morgan fingerprint density at radius 2 is 1.94 bits per heavy atom. The van der Waals surface area contributed by atoms with Crippen molar-refractivity contribution in [1.29, 1.82) is 0 Å². The SMILES string of the molecule is CCCc1ccc(C(Cl)CC2CCC2)cc1. The van der Waals surface area contributed by atoms with Crippen molar-refractivity contribution in [3.8, 4) is 0 Å². The molecular formula is C15H21Cl. The summed E-state index contributed by atoms with van der Waals surface area (Å²) in [5, 5.41) is 0.223. The van der Waals surface area contributed by atoms with Crippen molar-refractivity contribution in [2.45, 2.75) is 50.8 Å². The monoisotopic (exact) mass is 236 g/mol. The lowest BCUT2D eigenvalue weighted by molar-refractivity contribution is 0.293. The summed E-state index contributed by atoms with van der Waals surface area (Å²) in [4.78, 5) is 0. The molecule has 0 bridgehead atoms. The van der Waals surface area contributed by atoms with Crippen molar-refractivity contribution >= 4 is 11.6 Å². The van der Waals surface area contributed by atoms with Crippen molar-refractivity contribution in [3.63, 3.8) is 0 Å². The Hall–Kier alpha value is -0.490. The highest BCUT2D eigenvalue weighted by Crippen LogP contribution is 2.37. The minimum atomic E-state index is 0.223. The largest absolute Gasteiger partial charge is 0.118 e. The van der Waals surface area contributed by atoms with Gasteiger partial charge in [0.05, 0.1) is 5.38 Å². The maximum absolute atomic E-state index is 6.44. The molecule has 0 spiro atoms. The van der Waals surface area contributed by atoms with Gasteiger partial charge in [-0.3, -0.25) is 0 Å². The Morgan fingerprint density at radius 1 is 1.25 bits per heavy atom. The first kappa shape index (κ1) is 12.0. The number of halogens is 1. The Balaban J connectivity index is 1.91. The molecule has 1 saturated carbocycles. The molecule has 0 nitrogen and oxygen atoms in total. The van der Waals surface area contributed by atoms with Gasteiger partial charge in [-0.2, -0.15) is 0 Å². The second-order valence-electron chi connectivity index (χ2n) is 4.99. The van der Waals surface area contributed by atoms with Gasteiger partial charge in [0.25, 0.3) is 0 Å². The second-order valence-corrected chi connectivity index (χ2v) is 5.52. The summed E-state index contributed by atoms with van der Waals surface area (Å²) in [7, 11) is 0. The summed E-state index contributed by atoms with van der Waals surface area (Å²) in [6, 6.07) is 8.88. The van der Waals surface area contributed by atoms with E-state index in [9.17, 15) is 0 Å². The third-order valence-electron chi connectivity index (χ3n) is 3.65. The van der Waals surface area contributed by atoms with Crippen LogP contribution in [-0.2, 0) is 6.42 Å². The van der Waals surface area contributed by atoms with E-state index in [1.807, 2.05) is 0 Å². The summed E-state index contributed by atoms with van der Waals surface area (Å²) in [6.07, 6.45) is 7.73. The highest BCUT2D eigenvalue weighted by molar-refractivity contribution is 6.20. The predicted octanol–water partition coefficient (Wildman–Crippen LogP) is 5.11. The smallest absolute Gasteiger partial charge is 0.0587 e. The lowest BCUT2D eigenvalue weighted by Gasteiger charge is -2.27. The molecule has 1 fully saturated rings. The average molecular weight is 237 g/mol. The third-order valence-corrected chi connectivity index (χ3v) is 4.08. The van der Waals surface area contributed by atoms with Crippen molar-refractivity contribution in [2.75, 3.05) is 0 Å². The van der Waals surface area contributed by atoms with Crippen molar-refractivity contribution in [1.82, 2.24) is 0 Å². The standard InChI is InChI=1S/C15H21Cl/c1-2-4-12-7-9-14(10-8-12)15(16)11-13-5-3-6-13/h7-10,13,15H,2-6,11H2,1H3. The molecule has 0 N–H and O–H groups in total. The molecule has 0 radical (unpaired) electrons. The zero-order valence-electron chi connectivity index (χ0n) is 10.1. The molecule has 1 aromatic rings. The van der Waals surface area contributed by atoms with Gasteiger partial charge in [0.1, 0.15) is 0 Å². The lowest BCUT2D eigenvalue weighted by Crippen LogP contribution is -2.12. The number of aryl methyl sites for hydroxylation is 1. The van der Waals surface area contributed by atoms with Gasteiger partial charge >= 0.3 is 0 Å². The number of alkyl halides is 1. The molecule has 0 heterocycles. The zero-order valence-corrected chi connectivity index (χ0v) is 10.8. The van der Waals surface area contributed by atoms with Crippen molar-refractivity contribution in [2.24, 2.45) is 5.92 Å². The molecular weight excluding hydrogens is 216 g/mol. The average Bonchev–Trinajstić information content (AvgIpc) is 2.25. The van der Waals surface area contributed by atoms with Gasteiger partial charge in [0, 0.05) is 0 Å². The second kappa shape index (κ2) is 5.72. The van der Waals surface area contributed by atoms with Gasteiger partial charge in [-0.1, -0.05) is 56.9 Å². The van der Waals surface area contributed by atoms with Crippen molar-refractivity contribution < 1.29 is 0 Å². The van der Waals surface area contributed by atoms with Crippen LogP contribution in [0.5, 0.6) is 0 Å². The van der Waals surface area contributed by atoms with Crippen LogP contribution in [0.15, 0.2) is 24.3 Å². The van der Waals surface area contributed by atoms with E-state index >= 15 is 0 Å². The van der Waals surface area contributed by atoms with Crippen LogP contribution in [0.2, 0.25) is 0 Å². The van der Waals surface area contributed by atoms with Gasteiger partial charge in [-0.15, -0.1) is 11.6 Å². The molecule has 1 heteroatoms. The van der Waals surface area contributed by atoms with E-state index in [0.717, 1.165) is 12.3 Å². The zero-order chi connectivity index (χ0) is 11.4. The normalized spacial score (nSPS) is 18.1. The van der Waals surface area contributed by atoms with Gasteiger partial charge in [0.15, 0.2) is 0 Å². The van der Waals surface area contributed by atoms with E-state index in [1.165, 1.54) is 43.2 Å². The van der Waals surface area contributed by atoms with Crippen molar-refractivity contribution in [3.05, 3.63) is 35.4 Å². The maximum atomic E-state index is 6.44. The summed E-state index contributed by atoms with van der Waals surface area (Å²) >= 11 is 6.44. The first-order valence-corrected chi connectivity index (χ1v) is 6.96. The molecule has 0 amide bonds. The molecule has 88 valence electrons. The molecule has 1 aliphatic rings. The molecule has 1 unspecified atom stereocenters. The first-order valence-electron chi connectivity index (χ1n) is 6.52. The molecule has 2 rings (SSSR count). The number of hydrogen-bond donors (Lipinski definition) is 0. The predicted molar refractivity (Wildman–Crippen MR) is 71.0 cm³/mol. The Bertz CT molecular complexity index is 311. The van der Waals surface area contributed by atoms with E-state index in [-0.39, 0.29) is 5.38 Å². The van der Waals surface area contributed by atoms with Crippen LogP contribution in [0, 0.1) is 5.92 Å². The fourth-order valence-corrected chi connectivity index (χ4v) is 2.74. The number of hydrogen-bond acceptors (Lipinski definition) is 0. The van der Waals surface area contributed by atoms with E-state index in [2.05, 4.69) is 31.2 Å². The van der Waals surface area contributed by atoms with Gasteiger partial charge in [-0.25, -0.2) is 0 Å². The van der Waals surface area contributed by atoms with Gasteiger partial charge in [-0.05, 0) is 29.9 Å². The van der Waals surface area contributed by atoms with E-state index in [1.54, 1.807) is 0 Å². The minimum absolute atomic E-state index is 0.223. The first-order chi connectivity index (χ1) is 7.79. The van der Waals surface area contributed by atoms with Gasteiger partial charge < -0.3 is 0 Å². The molecule has 0 aliphatic heterocycles. The highest BCUT2D eigenvalue weighted by atomic mass is 35.5. The van der Waals surface area contributed by atoms with E-state index in [0.29, 0.717) is 0 Å². The summed E-state index contributed by atoms with van der Waals surface area (Å²) < 4.78 is 0. The Morgan fingerprint density at radius 3 is 2.44 bits per heavy atom. The Labute approximate surface area is 104 Å². The highest BCUT2D eigenvalue weighted by Gasteiger charge is 2.21. The van der Waals surface area contributed by atoms with Crippen LogP contribution in [0.3, 0.4) is 0 Å². The molecule has 1 aromatic carbocycles. The fourth-order valence-electron chi connectivity index (χ4n) is 2.34. The molecule has 0 aromatic heterocycles. The molecule has 1 aliphatic carbocycles. The quantitative estimate of drug-likeness (QED) is 0.624. The lowest BCUT2D eigenvalue weighted by atomic mass is 9.81. The third kappa shape index (κ3) is 3.01. The molecule has 0 saturated heterocycles. The summed E-state index contributed by atoms with van der Waals surface area (Å²) in [5.41, 5.74) is 2.73. The summed E-state index contributed by atoms with van der Waals surface area (Å²) in [5.74, 6) is 0.887. The minimum Gasteiger partial charge on any atom is -0.118 e. The van der Waals surface area contributed by atoms with E-state index < -0.39 is 0 Å². The van der Waals surface area contributed by atoms with Crippen LogP contribution in [0.25, 0.3) is 0 Å². The Kier molecular flexibility index (Phi) is 4.29. The van der Waals surface area contributed by atoms with E-state index in [4.69, 9.17) is 11.6 Å². The van der Waals surface area contributed by atoms with Crippen LogP contribution in [-0.4, -0.2) is 0 Å². The van der Waals surface area contributed by atoms with Crippen LogP contribution in [0.4, 0.5) is 0 Å². The van der Waals surface area contributed by atoms with Gasteiger partial charge in [0.2, 0.25) is 0 Å². The van der Waals surface area contributed by atoms with Crippen LogP contribution >= 0.6 is 11.6 Å². The summed E-state index contributed by atoms with van der Waals surface area (Å²) in [6.45, 7) is 2.22. The van der Waals surface area contributed by atoms with Crippen LogP contribution < -0.4 is 0 Å². The molecule has 16 heavy (non-hydrogen) atoms. The number of rotatable bonds is 5. The fraction of sp³-hybridized carbons (Fsp3) is 0.600.